The Morgan fingerprint density at radius 1 is 1.47 bits per heavy atom. The molecule has 0 aliphatic rings. The van der Waals surface area contributed by atoms with Crippen molar-refractivity contribution in [2.75, 3.05) is 13.1 Å². The minimum Gasteiger partial charge on any atom is -0.461 e. The Balaban J connectivity index is 2.40. The number of nitrogens with one attached hydrogen (secondary N) is 1. The van der Waals surface area contributed by atoms with Crippen LogP contribution in [0.5, 0.6) is 0 Å². The van der Waals surface area contributed by atoms with Crippen LogP contribution in [0.25, 0.3) is 0 Å². The molecular formula is C13H18ClNO2. The zero-order chi connectivity index (χ0) is 12.7. The van der Waals surface area contributed by atoms with Gasteiger partial charge in [0.1, 0.15) is 6.61 Å². The van der Waals surface area contributed by atoms with Gasteiger partial charge in [-0.05, 0) is 12.6 Å². The van der Waals surface area contributed by atoms with Crippen molar-refractivity contribution in [3.05, 3.63) is 34.9 Å². The van der Waals surface area contributed by atoms with Crippen molar-refractivity contribution in [2.45, 2.75) is 20.5 Å². The Morgan fingerprint density at radius 3 is 2.82 bits per heavy atom. The fourth-order valence-electron chi connectivity index (χ4n) is 1.35. The maximum absolute atomic E-state index is 11.6. The highest BCUT2D eigenvalue weighted by molar-refractivity contribution is 6.31. The second-order valence-electron chi connectivity index (χ2n) is 3.91. The van der Waals surface area contributed by atoms with Crippen molar-refractivity contribution in [2.24, 2.45) is 5.92 Å². The summed E-state index contributed by atoms with van der Waals surface area (Å²) in [5.74, 6) is -0.344. The summed E-state index contributed by atoms with van der Waals surface area (Å²) in [6.45, 7) is 5.56. The lowest BCUT2D eigenvalue weighted by molar-refractivity contribution is -0.149. The van der Waals surface area contributed by atoms with E-state index in [4.69, 9.17) is 16.3 Å². The summed E-state index contributed by atoms with van der Waals surface area (Å²) in [6.07, 6.45) is 0. The Kier molecular flexibility index (Phi) is 6.01. The molecule has 1 aromatic carbocycles. The van der Waals surface area contributed by atoms with Crippen LogP contribution >= 0.6 is 11.6 Å². The zero-order valence-electron chi connectivity index (χ0n) is 10.2. The molecule has 4 heteroatoms. The zero-order valence-corrected chi connectivity index (χ0v) is 11.0. The minimum absolute atomic E-state index is 0.141. The lowest BCUT2D eigenvalue weighted by Gasteiger charge is -2.12. The van der Waals surface area contributed by atoms with E-state index in [0.29, 0.717) is 11.6 Å². The average molecular weight is 256 g/mol. The molecule has 0 amide bonds. The molecule has 0 fully saturated rings. The van der Waals surface area contributed by atoms with Gasteiger partial charge in [-0.2, -0.15) is 0 Å². The van der Waals surface area contributed by atoms with Crippen LogP contribution in [0.1, 0.15) is 19.4 Å². The monoisotopic (exact) mass is 255 g/mol. The highest BCUT2D eigenvalue weighted by Crippen LogP contribution is 2.16. The number of hydrogen-bond donors (Lipinski definition) is 1. The molecule has 0 saturated heterocycles. The third-order valence-corrected chi connectivity index (χ3v) is 2.80. The predicted molar refractivity (Wildman–Crippen MR) is 69.0 cm³/mol. The first-order valence-corrected chi connectivity index (χ1v) is 6.13. The molecule has 94 valence electrons. The number of carbonyl (C=O) groups excluding carboxylic acids is 1. The fraction of sp³-hybridized carbons (Fsp3) is 0.462. The molecule has 1 rings (SSSR count). The van der Waals surface area contributed by atoms with Crippen molar-refractivity contribution in [1.82, 2.24) is 5.32 Å². The van der Waals surface area contributed by atoms with Gasteiger partial charge < -0.3 is 10.1 Å². The number of benzene rings is 1. The number of hydrogen-bond acceptors (Lipinski definition) is 3. The highest BCUT2D eigenvalue weighted by atomic mass is 35.5. The second kappa shape index (κ2) is 7.30. The summed E-state index contributed by atoms with van der Waals surface area (Å²) in [4.78, 5) is 11.6. The van der Waals surface area contributed by atoms with E-state index in [1.165, 1.54) is 0 Å². The van der Waals surface area contributed by atoms with E-state index < -0.39 is 0 Å². The Morgan fingerprint density at radius 2 is 2.18 bits per heavy atom. The van der Waals surface area contributed by atoms with Crippen molar-refractivity contribution in [3.8, 4) is 0 Å². The molecule has 0 spiro atoms. The van der Waals surface area contributed by atoms with Gasteiger partial charge in [-0.25, -0.2) is 0 Å². The van der Waals surface area contributed by atoms with Crippen LogP contribution in [-0.4, -0.2) is 19.1 Å². The second-order valence-corrected chi connectivity index (χ2v) is 4.32. The quantitative estimate of drug-likeness (QED) is 0.795. The number of esters is 1. The van der Waals surface area contributed by atoms with Crippen molar-refractivity contribution in [3.63, 3.8) is 0 Å². The first kappa shape index (κ1) is 14.0. The first-order valence-electron chi connectivity index (χ1n) is 5.76. The fourth-order valence-corrected chi connectivity index (χ4v) is 1.54. The summed E-state index contributed by atoms with van der Waals surface area (Å²) >= 11 is 5.97. The van der Waals surface area contributed by atoms with Gasteiger partial charge in [0.05, 0.1) is 5.92 Å². The van der Waals surface area contributed by atoms with E-state index in [9.17, 15) is 4.79 Å². The molecule has 0 bridgehead atoms. The van der Waals surface area contributed by atoms with Gasteiger partial charge in [0.2, 0.25) is 0 Å². The van der Waals surface area contributed by atoms with Crippen LogP contribution in [0.3, 0.4) is 0 Å². The first-order chi connectivity index (χ1) is 8.15. The molecule has 1 aromatic rings. The molecule has 0 saturated carbocycles. The van der Waals surface area contributed by atoms with Crippen LogP contribution in [0, 0.1) is 5.92 Å². The Bertz CT molecular complexity index is 368. The largest absolute Gasteiger partial charge is 0.461 e. The molecule has 1 atom stereocenters. The van der Waals surface area contributed by atoms with E-state index in [2.05, 4.69) is 5.32 Å². The van der Waals surface area contributed by atoms with Gasteiger partial charge in [0.15, 0.2) is 0 Å². The molecule has 1 unspecified atom stereocenters. The molecule has 0 aromatic heterocycles. The number of halogens is 1. The molecule has 3 nitrogen and oxygen atoms in total. The van der Waals surface area contributed by atoms with Gasteiger partial charge in [0.25, 0.3) is 0 Å². The van der Waals surface area contributed by atoms with Crippen LogP contribution in [0.2, 0.25) is 5.02 Å². The molecule has 0 radical (unpaired) electrons. The number of ether oxygens (including phenoxy) is 1. The standard InChI is InChI=1S/C13H18ClNO2/c1-3-15-8-10(2)13(16)17-9-11-6-4-5-7-12(11)14/h4-7,10,15H,3,8-9H2,1-2H3. The summed E-state index contributed by atoms with van der Waals surface area (Å²) in [5, 5.41) is 3.74. The van der Waals surface area contributed by atoms with Crippen LogP contribution in [-0.2, 0) is 16.1 Å². The maximum Gasteiger partial charge on any atom is 0.310 e. The normalized spacial score (nSPS) is 12.2. The van der Waals surface area contributed by atoms with E-state index in [1.54, 1.807) is 6.07 Å². The summed E-state index contributed by atoms with van der Waals surface area (Å²) in [7, 11) is 0. The van der Waals surface area contributed by atoms with E-state index in [-0.39, 0.29) is 18.5 Å². The lowest BCUT2D eigenvalue weighted by atomic mass is 10.2. The molecule has 17 heavy (non-hydrogen) atoms. The molecule has 1 N–H and O–H groups in total. The molecule has 0 aliphatic heterocycles. The molecule has 0 heterocycles. The topological polar surface area (TPSA) is 38.3 Å². The highest BCUT2D eigenvalue weighted by Gasteiger charge is 2.14. The molecule has 0 aliphatic carbocycles. The summed E-state index contributed by atoms with van der Waals surface area (Å²) in [5.41, 5.74) is 0.832. The maximum atomic E-state index is 11.6. The number of rotatable bonds is 6. The van der Waals surface area contributed by atoms with Crippen LogP contribution in [0.4, 0.5) is 0 Å². The van der Waals surface area contributed by atoms with Gasteiger partial charge in [0, 0.05) is 17.1 Å². The van der Waals surface area contributed by atoms with Gasteiger partial charge in [-0.1, -0.05) is 43.6 Å². The SMILES string of the molecule is CCNCC(C)C(=O)OCc1ccccc1Cl. The van der Waals surface area contributed by atoms with E-state index >= 15 is 0 Å². The van der Waals surface area contributed by atoms with Gasteiger partial charge in [-0.3, -0.25) is 4.79 Å². The number of carbonyl (C=O) groups is 1. The van der Waals surface area contributed by atoms with Crippen LogP contribution < -0.4 is 5.32 Å². The minimum atomic E-state index is -0.203. The summed E-state index contributed by atoms with van der Waals surface area (Å²) in [6, 6.07) is 7.36. The average Bonchev–Trinajstić information content (AvgIpc) is 2.34. The Labute approximate surface area is 107 Å². The third-order valence-electron chi connectivity index (χ3n) is 2.43. The predicted octanol–water partition coefficient (Wildman–Crippen LogP) is 2.63. The van der Waals surface area contributed by atoms with E-state index in [1.807, 2.05) is 32.0 Å². The van der Waals surface area contributed by atoms with Crippen molar-refractivity contribution >= 4 is 17.6 Å². The van der Waals surface area contributed by atoms with Crippen LogP contribution in [0.15, 0.2) is 24.3 Å². The van der Waals surface area contributed by atoms with Gasteiger partial charge in [-0.15, -0.1) is 0 Å². The van der Waals surface area contributed by atoms with Gasteiger partial charge >= 0.3 is 5.97 Å². The third kappa shape index (κ3) is 4.75. The lowest BCUT2D eigenvalue weighted by Crippen LogP contribution is -2.27. The Hall–Kier alpha value is -1.06. The summed E-state index contributed by atoms with van der Waals surface area (Å²) < 4.78 is 5.20. The molecular weight excluding hydrogens is 238 g/mol. The smallest absolute Gasteiger partial charge is 0.310 e. The van der Waals surface area contributed by atoms with Crippen molar-refractivity contribution < 1.29 is 9.53 Å². The van der Waals surface area contributed by atoms with E-state index in [0.717, 1.165) is 12.1 Å². The van der Waals surface area contributed by atoms with Crippen molar-refractivity contribution in [1.29, 1.82) is 0 Å².